The van der Waals surface area contributed by atoms with Crippen molar-refractivity contribution in [3.63, 3.8) is 0 Å². The average Bonchev–Trinajstić information content (AvgIpc) is 2.80. The molecule has 1 heterocycles. The molecule has 0 bridgehead atoms. The molecule has 7 heteroatoms. The van der Waals surface area contributed by atoms with Gasteiger partial charge in [-0.05, 0) is 25.5 Å². The number of halogens is 1. The van der Waals surface area contributed by atoms with E-state index in [2.05, 4.69) is 6.07 Å². The summed E-state index contributed by atoms with van der Waals surface area (Å²) in [5.74, 6) is 0.339. The van der Waals surface area contributed by atoms with Crippen molar-refractivity contribution in [2.75, 3.05) is 12.3 Å². The van der Waals surface area contributed by atoms with E-state index in [1.165, 1.54) is 4.57 Å². The number of nitrogens with two attached hydrogens (primary N) is 1. The van der Waals surface area contributed by atoms with Crippen LogP contribution in [0.5, 0.6) is 5.88 Å². The molecule has 1 aromatic heterocycles. The minimum absolute atomic E-state index is 0.164. The molecule has 0 saturated carbocycles. The Bertz CT molecular complexity index is 793. The zero-order chi connectivity index (χ0) is 17.7. The van der Waals surface area contributed by atoms with E-state index in [1.54, 1.807) is 31.2 Å². The number of carbonyl (C=O) groups is 1. The molecule has 0 aliphatic carbocycles. The number of ether oxygens (including phenoxy) is 2. The number of aromatic nitrogens is 1. The second kappa shape index (κ2) is 7.75. The molecule has 0 unspecified atom stereocenters. The van der Waals surface area contributed by atoms with E-state index in [9.17, 15) is 10.1 Å². The Labute approximate surface area is 145 Å². The largest absolute Gasteiger partial charge is 0.515 e. The average molecular weight is 348 g/mol. The van der Waals surface area contributed by atoms with Gasteiger partial charge in [-0.3, -0.25) is 4.57 Å². The van der Waals surface area contributed by atoms with Gasteiger partial charge in [-0.15, -0.1) is 0 Å². The molecule has 2 aromatic rings. The number of hydrogen-bond donors (Lipinski definition) is 1. The zero-order valence-corrected chi connectivity index (χ0v) is 14.3. The van der Waals surface area contributed by atoms with Crippen LogP contribution < -0.4 is 10.5 Å². The van der Waals surface area contributed by atoms with Gasteiger partial charge in [0.25, 0.3) is 0 Å². The van der Waals surface area contributed by atoms with Crippen LogP contribution in [0, 0.1) is 11.3 Å². The van der Waals surface area contributed by atoms with E-state index in [1.807, 2.05) is 6.92 Å². The molecule has 0 amide bonds. The SMILES string of the molecule is CCCc1c(C#N)c(N)n(-c2ccccc2Cl)c1OC(=O)OCC. The molecular formula is C17H18ClN3O3. The van der Waals surface area contributed by atoms with Crippen LogP contribution in [-0.2, 0) is 11.2 Å². The van der Waals surface area contributed by atoms with Gasteiger partial charge in [0, 0.05) is 5.56 Å². The van der Waals surface area contributed by atoms with Gasteiger partial charge in [0.15, 0.2) is 0 Å². The molecular weight excluding hydrogens is 330 g/mol. The number of anilines is 1. The molecule has 0 spiro atoms. The van der Waals surface area contributed by atoms with Gasteiger partial charge >= 0.3 is 6.16 Å². The lowest BCUT2D eigenvalue weighted by atomic mass is 10.1. The monoisotopic (exact) mass is 347 g/mol. The molecule has 0 aliphatic heterocycles. The van der Waals surface area contributed by atoms with E-state index >= 15 is 0 Å². The quantitative estimate of drug-likeness (QED) is 0.823. The van der Waals surface area contributed by atoms with E-state index in [0.717, 1.165) is 6.42 Å². The van der Waals surface area contributed by atoms with E-state index in [0.29, 0.717) is 22.7 Å². The first-order valence-corrected chi connectivity index (χ1v) is 7.95. The summed E-state index contributed by atoms with van der Waals surface area (Å²) in [6.45, 7) is 3.81. The van der Waals surface area contributed by atoms with Gasteiger partial charge < -0.3 is 15.2 Å². The van der Waals surface area contributed by atoms with Crippen LogP contribution in [0.1, 0.15) is 31.4 Å². The first-order valence-electron chi connectivity index (χ1n) is 7.57. The third-order valence-electron chi connectivity index (χ3n) is 3.41. The lowest BCUT2D eigenvalue weighted by Gasteiger charge is -2.13. The summed E-state index contributed by atoms with van der Waals surface area (Å²) in [4.78, 5) is 11.8. The summed E-state index contributed by atoms with van der Waals surface area (Å²) in [7, 11) is 0. The first kappa shape index (κ1) is 17.7. The van der Waals surface area contributed by atoms with Crippen molar-refractivity contribution in [3.05, 3.63) is 40.4 Å². The highest BCUT2D eigenvalue weighted by Gasteiger charge is 2.26. The number of nitrogens with zero attached hydrogens (tertiary/aromatic N) is 2. The van der Waals surface area contributed by atoms with E-state index in [-0.39, 0.29) is 23.9 Å². The van der Waals surface area contributed by atoms with Crippen molar-refractivity contribution in [2.45, 2.75) is 26.7 Å². The number of nitrogen functional groups attached to an aromatic ring is 1. The van der Waals surface area contributed by atoms with E-state index in [4.69, 9.17) is 26.8 Å². The lowest BCUT2D eigenvalue weighted by Crippen LogP contribution is -2.14. The molecule has 0 atom stereocenters. The Balaban J connectivity index is 2.70. The van der Waals surface area contributed by atoms with Crippen LogP contribution >= 0.6 is 11.6 Å². The molecule has 24 heavy (non-hydrogen) atoms. The van der Waals surface area contributed by atoms with Crippen molar-refractivity contribution in [1.29, 1.82) is 5.26 Å². The maximum absolute atomic E-state index is 11.8. The Morgan fingerprint density at radius 3 is 2.67 bits per heavy atom. The Hall–Kier alpha value is -2.65. The molecule has 1 aromatic carbocycles. The fourth-order valence-corrected chi connectivity index (χ4v) is 2.65. The second-order valence-corrected chi connectivity index (χ2v) is 5.38. The number of nitriles is 1. The van der Waals surface area contributed by atoms with E-state index < -0.39 is 6.16 Å². The van der Waals surface area contributed by atoms with Crippen LogP contribution in [0.25, 0.3) is 5.69 Å². The number of benzene rings is 1. The molecule has 2 N–H and O–H groups in total. The van der Waals surface area contributed by atoms with Gasteiger partial charge in [0.2, 0.25) is 5.88 Å². The molecule has 0 radical (unpaired) electrons. The number of rotatable bonds is 5. The van der Waals surface area contributed by atoms with Crippen LogP contribution in [0.4, 0.5) is 10.6 Å². The number of para-hydroxylation sites is 1. The summed E-state index contributed by atoms with van der Waals surface area (Å²) < 4.78 is 11.7. The smallest absolute Gasteiger partial charge is 0.434 e. The fraction of sp³-hybridized carbons (Fsp3) is 0.294. The molecule has 0 saturated heterocycles. The molecule has 0 aliphatic rings. The summed E-state index contributed by atoms with van der Waals surface area (Å²) in [6, 6.07) is 9.05. The maximum atomic E-state index is 11.8. The summed E-state index contributed by atoms with van der Waals surface area (Å²) in [5, 5.41) is 9.89. The van der Waals surface area contributed by atoms with Crippen molar-refractivity contribution >= 4 is 23.6 Å². The van der Waals surface area contributed by atoms with Crippen LogP contribution in [0.2, 0.25) is 5.02 Å². The first-order chi connectivity index (χ1) is 11.5. The zero-order valence-electron chi connectivity index (χ0n) is 13.5. The second-order valence-electron chi connectivity index (χ2n) is 4.98. The Kier molecular flexibility index (Phi) is 5.72. The van der Waals surface area contributed by atoms with Crippen molar-refractivity contribution in [1.82, 2.24) is 4.57 Å². The number of hydrogen-bond acceptors (Lipinski definition) is 5. The van der Waals surface area contributed by atoms with Crippen molar-refractivity contribution in [3.8, 4) is 17.6 Å². The highest BCUT2D eigenvalue weighted by molar-refractivity contribution is 6.32. The van der Waals surface area contributed by atoms with Crippen LogP contribution in [0.3, 0.4) is 0 Å². The van der Waals surface area contributed by atoms with Gasteiger partial charge in [-0.25, -0.2) is 4.79 Å². The van der Waals surface area contributed by atoms with Gasteiger partial charge in [0.05, 0.1) is 17.3 Å². The summed E-state index contributed by atoms with van der Waals surface area (Å²) in [6.07, 6.45) is 0.421. The maximum Gasteiger partial charge on any atom is 0.515 e. The highest BCUT2D eigenvalue weighted by atomic mass is 35.5. The van der Waals surface area contributed by atoms with Crippen molar-refractivity contribution in [2.24, 2.45) is 0 Å². The minimum atomic E-state index is -0.856. The molecule has 126 valence electrons. The highest BCUT2D eigenvalue weighted by Crippen LogP contribution is 2.37. The summed E-state index contributed by atoms with van der Waals surface area (Å²) in [5.41, 5.74) is 7.50. The Morgan fingerprint density at radius 2 is 2.08 bits per heavy atom. The Morgan fingerprint density at radius 1 is 1.38 bits per heavy atom. The normalized spacial score (nSPS) is 10.2. The standard InChI is InChI=1S/C17H18ClN3O3/c1-3-7-11-12(10-19)15(20)21(14-9-6-5-8-13(14)18)16(11)24-17(22)23-4-2/h5-6,8-9H,3-4,7,20H2,1-2H3. The van der Waals surface area contributed by atoms with Gasteiger partial charge in [-0.2, -0.15) is 5.26 Å². The van der Waals surface area contributed by atoms with Crippen LogP contribution in [0.15, 0.2) is 24.3 Å². The fourth-order valence-electron chi connectivity index (χ4n) is 2.43. The number of carbonyl (C=O) groups excluding carboxylic acids is 1. The summed E-state index contributed by atoms with van der Waals surface area (Å²) >= 11 is 6.25. The topological polar surface area (TPSA) is 90.3 Å². The molecule has 2 rings (SSSR count). The molecule has 0 fully saturated rings. The lowest BCUT2D eigenvalue weighted by molar-refractivity contribution is 0.102. The molecule has 6 nitrogen and oxygen atoms in total. The third kappa shape index (κ3) is 3.31. The van der Waals surface area contributed by atoms with Gasteiger partial charge in [-0.1, -0.05) is 37.1 Å². The minimum Gasteiger partial charge on any atom is -0.434 e. The van der Waals surface area contributed by atoms with Gasteiger partial charge in [0.1, 0.15) is 17.5 Å². The third-order valence-corrected chi connectivity index (χ3v) is 3.73. The predicted octanol–water partition coefficient (Wildman–Crippen LogP) is 4.07. The van der Waals surface area contributed by atoms with Crippen molar-refractivity contribution < 1.29 is 14.3 Å². The van der Waals surface area contributed by atoms with Crippen LogP contribution in [-0.4, -0.2) is 17.3 Å². The predicted molar refractivity (Wildman–Crippen MR) is 91.6 cm³/mol.